The predicted molar refractivity (Wildman–Crippen MR) is 195 cm³/mol. The molecule has 0 aromatic carbocycles. The van der Waals surface area contributed by atoms with Crippen LogP contribution in [0.5, 0.6) is 0 Å². The van der Waals surface area contributed by atoms with Gasteiger partial charge in [-0.3, -0.25) is 0 Å². The highest BCUT2D eigenvalue weighted by Crippen LogP contribution is 2.23. The number of allylic oxidation sites excluding steroid dienone is 2. The van der Waals surface area contributed by atoms with Crippen LogP contribution in [-0.4, -0.2) is 42.7 Å². The zero-order valence-corrected chi connectivity index (χ0v) is 30.0. The molecule has 0 unspecified atom stereocenters. The van der Waals surface area contributed by atoms with Gasteiger partial charge in [-0.1, -0.05) is 167 Å². The Morgan fingerprint density at radius 2 is 0.651 bits per heavy atom. The summed E-state index contributed by atoms with van der Waals surface area (Å²) in [5, 5.41) is 0. The van der Waals surface area contributed by atoms with E-state index in [1.165, 1.54) is 210 Å². The number of rotatable bonds is 33. The number of likely N-dealkylation sites (tertiary alicyclic amines) is 1. The second kappa shape index (κ2) is 30.3. The molecule has 0 aromatic heterocycles. The molecular weight excluding hydrogens is 522 g/mol. The summed E-state index contributed by atoms with van der Waals surface area (Å²) in [6, 6.07) is 0.408. The Hall–Kier alpha value is -0.380. The lowest BCUT2D eigenvalue weighted by molar-refractivity contribution is -0.917. The van der Waals surface area contributed by atoms with Crippen molar-refractivity contribution >= 4 is 0 Å². The fourth-order valence-electron chi connectivity index (χ4n) is 7.41. The normalized spacial score (nSPS) is 18.3. The Kier molecular flexibility index (Phi) is 28.6. The number of unbranched alkanes of at least 4 members (excludes halogenated alkanes) is 27. The molecule has 0 amide bonds. The molecule has 0 bridgehead atoms. The number of hydrogen-bond acceptors (Lipinski definition) is 2. The zero-order chi connectivity index (χ0) is 31.1. The summed E-state index contributed by atoms with van der Waals surface area (Å²) in [5.74, 6) is 0. The molecule has 4 N–H and O–H groups in total. The van der Waals surface area contributed by atoms with E-state index in [1.54, 1.807) is 0 Å². The van der Waals surface area contributed by atoms with Gasteiger partial charge in [-0.15, -0.1) is 0 Å². The third-order valence-corrected chi connectivity index (χ3v) is 10.4. The second-order valence-electron chi connectivity index (χ2n) is 14.7. The highest BCUT2D eigenvalue weighted by Gasteiger charge is 2.40. The summed E-state index contributed by atoms with van der Waals surface area (Å²) in [7, 11) is 0. The first-order chi connectivity index (χ1) is 21.1. The largest absolute Gasteiger partial charge is 0.322 e. The van der Waals surface area contributed by atoms with E-state index in [-0.39, 0.29) is 12.1 Å². The Balaban J connectivity index is 1.98. The van der Waals surface area contributed by atoms with Crippen LogP contribution in [0.3, 0.4) is 0 Å². The van der Waals surface area contributed by atoms with Crippen molar-refractivity contribution in [3.05, 3.63) is 12.2 Å². The van der Waals surface area contributed by atoms with Crippen molar-refractivity contribution < 1.29 is 4.48 Å². The molecule has 1 aliphatic rings. The highest BCUT2D eigenvalue weighted by atomic mass is 15.4. The smallest absolute Gasteiger partial charge is 0.0958 e. The summed E-state index contributed by atoms with van der Waals surface area (Å²) in [6.45, 7) is 9.45. The fourth-order valence-corrected chi connectivity index (χ4v) is 7.41. The monoisotopic (exact) mass is 605 g/mol. The zero-order valence-electron chi connectivity index (χ0n) is 30.0. The summed E-state index contributed by atoms with van der Waals surface area (Å²) >= 11 is 0. The van der Waals surface area contributed by atoms with Crippen molar-refractivity contribution in [1.82, 2.24) is 0 Å². The Morgan fingerprint density at radius 1 is 0.395 bits per heavy atom. The van der Waals surface area contributed by atoms with E-state index >= 15 is 0 Å². The molecule has 1 saturated heterocycles. The van der Waals surface area contributed by atoms with Crippen LogP contribution in [0.15, 0.2) is 12.2 Å². The van der Waals surface area contributed by atoms with Crippen LogP contribution < -0.4 is 11.5 Å². The SMILES string of the molecule is CCCCCCCC/C=C/CCCCCCCC[N+]1(CCCCCCCCCCCCCCCCCC)C[C@H](N)[C@@H](N)C1. The van der Waals surface area contributed by atoms with Crippen LogP contribution >= 0.6 is 0 Å². The number of quaternary nitrogens is 1. The standard InChI is InChI=1S/C40H82N3/c1-3-5-7-9-11-13-15-17-19-21-23-25-27-29-31-33-35-43(37-39(41)40(42)38-43)36-34-32-30-28-26-24-22-20-18-16-14-12-10-8-6-4-2/h17,19,39-40H,3-16,18,20-38,41-42H2,1-2H3/q+1/b19-17+/t39-,40-/m0/s1. The molecule has 2 atom stereocenters. The minimum Gasteiger partial charge on any atom is -0.322 e. The molecule has 256 valence electrons. The van der Waals surface area contributed by atoms with Crippen LogP contribution in [-0.2, 0) is 0 Å². The lowest BCUT2D eigenvalue weighted by atomic mass is 10.0. The number of nitrogens with two attached hydrogens (primary N) is 2. The van der Waals surface area contributed by atoms with Gasteiger partial charge in [0.25, 0.3) is 0 Å². The van der Waals surface area contributed by atoms with E-state index in [4.69, 9.17) is 11.5 Å². The van der Waals surface area contributed by atoms with Gasteiger partial charge >= 0.3 is 0 Å². The van der Waals surface area contributed by atoms with Gasteiger partial charge in [0.1, 0.15) is 0 Å². The van der Waals surface area contributed by atoms with E-state index in [0.29, 0.717) is 0 Å². The Morgan fingerprint density at radius 3 is 0.953 bits per heavy atom. The fraction of sp³-hybridized carbons (Fsp3) is 0.950. The van der Waals surface area contributed by atoms with E-state index < -0.39 is 0 Å². The minimum absolute atomic E-state index is 0.204. The van der Waals surface area contributed by atoms with Crippen molar-refractivity contribution in [2.45, 2.75) is 219 Å². The molecular formula is C40H82N3+. The lowest BCUT2D eigenvalue weighted by Crippen LogP contribution is -2.49. The maximum atomic E-state index is 6.43. The van der Waals surface area contributed by atoms with Gasteiger partial charge in [0.15, 0.2) is 0 Å². The Labute approximate surface area is 272 Å². The quantitative estimate of drug-likeness (QED) is 0.0445. The maximum absolute atomic E-state index is 6.43. The van der Waals surface area contributed by atoms with Crippen LogP contribution in [0, 0.1) is 0 Å². The molecule has 0 aliphatic carbocycles. The van der Waals surface area contributed by atoms with Crippen LogP contribution in [0.1, 0.15) is 206 Å². The van der Waals surface area contributed by atoms with Gasteiger partial charge in [-0.25, -0.2) is 0 Å². The summed E-state index contributed by atoms with van der Waals surface area (Å²) in [4.78, 5) is 0. The summed E-state index contributed by atoms with van der Waals surface area (Å²) in [6.07, 6.45) is 47.2. The Bertz CT molecular complexity index is 578. The molecule has 1 fully saturated rings. The first-order valence-corrected chi connectivity index (χ1v) is 20.1. The van der Waals surface area contributed by atoms with Gasteiger partial charge in [-0.05, 0) is 51.4 Å². The third-order valence-electron chi connectivity index (χ3n) is 10.4. The van der Waals surface area contributed by atoms with E-state index in [1.807, 2.05) is 0 Å². The van der Waals surface area contributed by atoms with Crippen molar-refractivity contribution in [2.75, 3.05) is 26.2 Å². The molecule has 3 nitrogen and oxygen atoms in total. The van der Waals surface area contributed by atoms with Gasteiger partial charge in [0.05, 0.1) is 38.3 Å². The van der Waals surface area contributed by atoms with Gasteiger partial charge in [0, 0.05) is 0 Å². The van der Waals surface area contributed by atoms with Gasteiger partial charge < -0.3 is 16.0 Å². The van der Waals surface area contributed by atoms with Crippen molar-refractivity contribution in [1.29, 1.82) is 0 Å². The molecule has 1 rings (SSSR count). The first-order valence-electron chi connectivity index (χ1n) is 20.1. The minimum atomic E-state index is 0.204. The molecule has 0 spiro atoms. The molecule has 0 aromatic rings. The van der Waals surface area contributed by atoms with Gasteiger partial charge in [-0.2, -0.15) is 0 Å². The van der Waals surface area contributed by atoms with E-state index in [2.05, 4.69) is 26.0 Å². The third kappa shape index (κ3) is 24.5. The maximum Gasteiger partial charge on any atom is 0.0958 e. The second-order valence-corrected chi connectivity index (χ2v) is 14.7. The number of hydrogen-bond donors (Lipinski definition) is 2. The predicted octanol–water partition coefficient (Wildman–Crippen LogP) is 11.8. The van der Waals surface area contributed by atoms with E-state index in [9.17, 15) is 0 Å². The topological polar surface area (TPSA) is 52.0 Å². The van der Waals surface area contributed by atoms with E-state index in [0.717, 1.165) is 13.1 Å². The van der Waals surface area contributed by atoms with Crippen molar-refractivity contribution in [2.24, 2.45) is 11.5 Å². The van der Waals surface area contributed by atoms with Crippen LogP contribution in [0.25, 0.3) is 0 Å². The van der Waals surface area contributed by atoms with Crippen molar-refractivity contribution in [3.63, 3.8) is 0 Å². The molecule has 0 radical (unpaired) electrons. The lowest BCUT2D eigenvalue weighted by Gasteiger charge is -2.35. The van der Waals surface area contributed by atoms with Crippen LogP contribution in [0.4, 0.5) is 0 Å². The average molecular weight is 605 g/mol. The molecule has 1 heterocycles. The van der Waals surface area contributed by atoms with Gasteiger partial charge in [0.2, 0.25) is 0 Å². The summed E-state index contributed by atoms with van der Waals surface area (Å²) in [5.41, 5.74) is 12.9. The average Bonchev–Trinajstić information content (AvgIpc) is 3.29. The molecule has 3 heteroatoms. The number of nitrogens with zero attached hydrogens (tertiary/aromatic N) is 1. The van der Waals surface area contributed by atoms with Crippen molar-refractivity contribution in [3.8, 4) is 0 Å². The molecule has 1 aliphatic heterocycles. The van der Waals surface area contributed by atoms with Crippen LogP contribution in [0.2, 0.25) is 0 Å². The first kappa shape index (κ1) is 40.6. The summed E-state index contributed by atoms with van der Waals surface area (Å²) < 4.78 is 1.21. The molecule has 0 saturated carbocycles. The molecule has 43 heavy (non-hydrogen) atoms. The highest BCUT2D eigenvalue weighted by molar-refractivity contribution is 4.83.